The summed E-state index contributed by atoms with van der Waals surface area (Å²) in [6, 6.07) is 7.01. The number of aromatic nitrogens is 2. The normalized spacial score (nSPS) is 18.8. The molecule has 1 aromatic carbocycles. The van der Waals surface area contributed by atoms with Gasteiger partial charge in [-0.1, -0.05) is 34.1 Å². The SMILES string of the molecule is CC1CCOCC1.CCC.Cc1cc(F)c(-c2nc(CNc3cnccc3N3CC(C)CC(N)C3)ccc2F)c(F)c1. The van der Waals surface area contributed by atoms with Crippen LogP contribution in [0.2, 0.25) is 0 Å². The molecule has 3 aromatic rings. The minimum absolute atomic E-state index is 0.0976. The maximum atomic E-state index is 14.4. The molecule has 9 heteroatoms. The summed E-state index contributed by atoms with van der Waals surface area (Å²) in [7, 11) is 0. The molecule has 2 aromatic heterocycles. The molecule has 42 heavy (non-hydrogen) atoms. The van der Waals surface area contributed by atoms with E-state index in [1.807, 2.05) is 6.07 Å². The third-order valence-electron chi connectivity index (χ3n) is 7.13. The van der Waals surface area contributed by atoms with Crippen molar-refractivity contribution >= 4 is 11.4 Å². The molecule has 2 aliphatic rings. The summed E-state index contributed by atoms with van der Waals surface area (Å²) in [4.78, 5) is 10.6. The minimum atomic E-state index is -0.843. The largest absolute Gasteiger partial charge is 0.381 e. The van der Waals surface area contributed by atoms with Crippen molar-refractivity contribution in [1.82, 2.24) is 9.97 Å². The molecule has 0 saturated carbocycles. The van der Waals surface area contributed by atoms with Gasteiger partial charge >= 0.3 is 0 Å². The molecule has 0 aliphatic carbocycles. The van der Waals surface area contributed by atoms with E-state index in [1.165, 1.54) is 31.4 Å². The average Bonchev–Trinajstić information content (AvgIpc) is 2.94. The van der Waals surface area contributed by atoms with Gasteiger partial charge in [0, 0.05) is 38.5 Å². The van der Waals surface area contributed by atoms with Crippen LogP contribution in [0, 0.1) is 36.2 Å². The van der Waals surface area contributed by atoms with Crippen LogP contribution in [0.25, 0.3) is 11.3 Å². The quantitative estimate of drug-likeness (QED) is 0.323. The van der Waals surface area contributed by atoms with Gasteiger partial charge in [0.1, 0.15) is 23.1 Å². The highest BCUT2D eigenvalue weighted by Gasteiger charge is 2.24. The summed E-state index contributed by atoms with van der Waals surface area (Å²) in [6.07, 6.45) is 8.20. The van der Waals surface area contributed by atoms with Crippen LogP contribution < -0.4 is 16.0 Å². The van der Waals surface area contributed by atoms with Crippen molar-refractivity contribution in [2.45, 2.75) is 72.9 Å². The molecular weight excluding hydrogens is 539 g/mol. The third kappa shape index (κ3) is 9.70. The number of benzene rings is 1. The molecule has 2 fully saturated rings. The molecule has 5 rings (SSSR count). The predicted octanol–water partition coefficient (Wildman–Crippen LogP) is 7.50. The van der Waals surface area contributed by atoms with E-state index in [-0.39, 0.29) is 18.3 Å². The first-order valence-electron chi connectivity index (χ1n) is 15.0. The van der Waals surface area contributed by atoms with Crippen LogP contribution in [-0.4, -0.2) is 42.3 Å². The van der Waals surface area contributed by atoms with Crippen molar-refractivity contribution in [3.8, 4) is 11.3 Å². The van der Waals surface area contributed by atoms with Gasteiger partial charge in [-0.2, -0.15) is 0 Å². The molecular formula is C33H46F3N5O. The second-order valence-electron chi connectivity index (χ2n) is 11.5. The smallest absolute Gasteiger partial charge is 0.149 e. The van der Waals surface area contributed by atoms with Crippen LogP contribution in [0.15, 0.2) is 42.7 Å². The van der Waals surface area contributed by atoms with Crippen molar-refractivity contribution in [2.75, 3.05) is 36.5 Å². The molecule has 2 saturated heterocycles. The number of halogens is 3. The van der Waals surface area contributed by atoms with E-state index < -0.39 is 23.0 Å². The van der Waals surface area contributed by atoms with Crippen LogP contribution in [0.5, 0.6) is 0 Å². The highest BCUT2D eigenvalue weighted by Crippen LogP contribution is 2.31. The van der Waals surface area contributed by atoms with E-state index in [2.05, 4.69) is 47.9 Å². The fourth-order valence-corrected chi connectivity index (χ4v) is 5.08. The number of hydrogen-bond donors (Lipinski definition) is 2. The zero-order valence-electron chi connectivity index (χ0n) is 25.6. The monoisotopic (exact) mass is 585 g/mol. The summed E-state index contributed by atoms with van der Waals surface area (Å²) in [6.45, 7) is 14.1. The molecule has 0 radical (unpaired) electrons. The van der Waals surface area contributed by atoms with E-state index in [1.54, 1.807) is 19.3 Å². The summed E-state index contributed by atoms with van der Waals surface area (Å²) < 4.78 is 48.3. The lowest BCUT2D eigenvalue weighted by Gasteiger charge is -2.37. The Hall–Kier alpha value is -3.17. The van der Waals surface area contributed by atoms with Crippen LogP contribution in [0.4, 0.5) is 24.5 Å². The van der Waals surface area contributed by atoms with Crippen molar-refractivity contribution in [3.05, 3.63) is 71.4 Å². The molecule has 0 amide bonds. The van der Waals surface area contributed by atoms with Crippen LogP contribution in [-0.2, 0) is 11.3 Å². The number of anilines is 2. The molecule has 6 nitrogen and oxygen atoms in total. The lowest BCUT2D eigenvalue weighted by Crippen LogP contribution is -2.46. The summed E-state index contributed by atoms with van der Waals surface area (Å²) >= 11 is 0. The Morgan fingerprint density at radius 3 is 2.24 bits per heavy atom. The second-order valence-corrected chi connectivity index (χ2v) is 11.5. The van der Waals surface area contributed by atoms with E-state index >= 15 is 0 Å². The van der Waals surface area contributed by atoms with Crippen LogP contribution in [0.3, 0.4) is 0 Å². The Morgan fingerprint density at radius 2 is 1.64 bits per heavy atom. The average molecular weight is 586 g/mol. The zero-order chi connectivity index (χ0) is 30.6. The molecule has 230 valence electrons. The van der Waals surface area contributed by atoms with Crippen molar-refractivity contribution in [3.63, 3.8) is 0 Å². The van der Waals surface area contributed by atoms with Crippen molar-refractivity contribution < 1.29 is 17.9 Å². The van der Waals surface area contributed by atoms with Gasteiger partial charge in [0.15, 0.2) is 0 Å². The lowest BCUT2D eigenvalue weighted by molar-refractivity contribution is 0.0716. The summed E-state index contributed by atoms with van der Waals surface area (Å²) in [5.74, 6) is -1.09. The van der Waals surface area contributed by atoms with Gasteiger partial charge in [0.25, 0.3) is 0 Å². The molecule has 2 atom stereocenters. The third-order valence-corrected chi connectivity index (χ3v) is 7.13. The number of nitrogens with two attached hydrogens (primary N) is 1. The van der Waals surface area contributed by atoms with E-state index in [0.717, 1.165) is 62.1 Å². The number of piperidine rings is 1. The van der Waals surface area contributed by atoms with Gasteiger partial charge in [-0.3, -0.25) is 4.98 Å². The number of hydrogen-bond acceptors (Lipinski definition) is 6. The fraction of sp³-hybridized carbons (Fsp3) is 0.515. The standard InChI is InChI=1S/C24H26F3N5.C6H12O.C3H8/c1-14-8-19(26)23(20(27)9-14)24-18(25)4-3-17(31-24)10-30-21-11-29-6-5-22(21)32-12-15(2)7-16(28)13-32;1-6-2-4-7-5-3-6;1-3-2/h3-6,8-9,11,15-16,30H,7,10,12-13,28H2,1-2H3;6H,2-5H2,1H3;3H2,1-2H3. The van der Waals surface area contributed by atoms with E-state index in [9.17, 15) is 13.2 Å². The Bertz CT molecular complexity index is 1240. The Morgan fingerprint density at radius 1 is 0.976 bits per heavy atom. The Balaban J connectivity index is 0.000000413. The molecule has 0 bridgehead atoms. The maximum Gasteiger partial charge on any atom is 0.149 e. The first kappa shape index (κ1) is 33.3. The number of nitrogens with zero attached hydrogens (tertiary/aromatic N) is 3. The second kappa shape index (κ2) is 16.5. The molecule has 2 unspecified atom stereocenters. The molecule has 0 spiro atoms. The highest BCUT2D eigenvalue weighted by molar-refractivity contribution is 5.69. The summed E-state index contributed by atoms with van der Waals surface area (Å²) in [5.41, 5.74) is 8.01. The van der Waals surface area contributed by atoms with Crippen LogP contribution in [0.1, 0.15) is 64.6 Å². The van der Waals surface area contributed by atoms with E-state index in [4.69, 9.17) is 10.5 Å². The number of aryl methyl sites for hydroxylation is 1. The van der Waals surface area contributed by atoms with Gasteiger partial charge in [0.2, 0.25) is 0 Å². The van der Waals surface area contributed by atoms with Gasteiger partial charge < -0.3 is 20.7 Å². The highest BCUT2D eigenvalue weighted by atomic mass is 19.1. The van der Waals surface area contributed by atoms with Crippen molar-refractivity contribution in [2.24, 2.45) is 17.6 Å². The predicted molar refractivity (Wildman–Crippen MR) is 165 cm³/mol. The number of rotatable bonds is 5. The molecule has 4 heterocycles. The summed E-state index contributed by atoms with van der Waals surface area (Å²) in [5, 5.41) is 3.28. The molecule has 2 aliphatic heterocycles. The van der Waals surface area contributed by atoms with Gasteiger partial charge in [0.05, 0.1) is 35.4 Å². The van der Waals surface area contributed by atoms with Gasteiger partial charge in [-0.15, -0.1) is 0 Å². The number of ether oxygens (including phenoxy) is 1. The van der Waals surface area contributed by atoms with Gasteiger partial charge in [-0.25, -0.2) is 18.2 Å². The van der Waals surface area contributed by atoms with Crippen molar-refractivity contribution in [1.29, 1.82) is 0 Å². The lowest BCUT2D eigenvalue weighted by atomic mass is 9.96. The number of nitrogens with one attached hydrogen (secondary N) is 1. The first-order chi connectivity index (χ1) is 20.1. The molecule has 3 N–H and O–H groups in total. The fourth-order valence-electron chi connectivity index (χ4n) is 5.08. The van der Waals surface area contributed by atoms with Gasteiger partial charge in [-0.05, 0) is 73.9 Å². The van der Waals surface area contributed by atoms with E-state index in [0.29, 0.717) is 17.2 Å². The Labute approximate surface area is 248 Å². The Kier molecular flexibility index (Phi) is 13.1. The first-order valence-corrected chi connectivity index (χ1v) is 15.0. The van der Waals surface area contributed by atoms with Crippen LogP contribution >= 0.6 is 0 Å². The maximum absolute atomic E-state index is 14.4. The topological polar surface area (TPSA) is 76.3 Å². The number of pyridine rings is 2. The zero-order valence-corrected chi connectivity index (χ0v) is 25.6. The minimum Gasteiger partial charge on any atom is -0.381 e.